The Bertz CT molecular complexity index is 93.1. The lowest BCUT2D eigenvalue weighted by atomic mass is 10.3. The van der Waals surface area contributed by atoms with E-state index in [-0.39, 0.29) is 12.6 Å². The fourth-order valence-corrected chi connectivity index (χ4v) is 1.75. The quantitative estimate of drug-likeness (QED) is 0.550. The molecule has 3 nitrogen and oxygen atoms in total. The molecule has 0 bridgehead atoms. The minimum absolute atomic E-state index is 0.141. The summed E-state index contributed by atoms with van der Waals surface area (Å²) in [6.07, 6.45) is 1.78. The van der Waals surface area contributed by atoms with Crippen LogP contribution in [0.2, 0.25) is 0 Å². The fourth-order valence-electron chi connectivity index (χ4n) is 0.789. The zero-order valence-electron chi connectivity index (χ0n) is 7.66. The van der Waals surface area contributed by atoms with E-state index in [1.54, 1.807) is 7.11 Å². The Morgan fingerprint density at radius 3 is 2.92 bits per heavy atom. The molecule has 0 aromatic heterocycles. The van der Waals surface area contributed by atoms with Crippen LogP contribution in [0.3, 0.4) is 0 Å². The summed E-state index contributed by atoms with van der Waals surface area (Å²) in [4.78, 5) is 0. The highest BCUT2D eigenvalue weighted by Gasteiger charge is 2.00. The van der Waals surface area contributed by atoms with Crippen molar-refractivity contribution in [1.29, 1.82) is 0 Å². The molecule has 0 saturated carbocycles. The molecule has 0 saturated heterocycles. The molecule has 0 aromatic rings. The molecule has 0 spiro atoms. The van der Waals surface area contributed by atoms with Gasteiger partial charge in [0.15, 0.2) is 0 Å². The molecule has 1 atom stereocenters. The summed E-state index contributed by atoms with van der Waals surface area (Å²) in [5, 5.41) is 8.57. The zero-order valence-corrected chi connectivity index (χ0v) is 8.48. The van der Waals surface area contributed by atoms with Crippen molar-refractivity contribution in [3.63, 3.8) is 0 Å². The van der Waals surface area contributed by atoms with Gasteiger partial charge in [-0.05, 0) is 18.6 Å². The van der Waals surface area contributed by atoms with Gasteiger partial charge in [0.25, 0.3) is 0 Å². The van der Waals surface area contributed by atoms with E-state index in [4.69, 9.17) is 15.6 Å². The Morgan fingerprint density at radius 2 is 2.33 bits per heavy atom. The van der Waals surface area contributed by atoms with E-state index in [0.717, 1.165) is 24.5 Å². The van der Waals surface area contributed by atoms with Crippen LogP contribution in [0.1, 0.15) is 12.8 Å². The van der Waals surface area contributed by atoms with Gasteiger partial charge in [-0.15, -0.1) is 0 Å². The van der Waals surface area contributed by atoms with E-state index >= 15 is 0 Å². The van der Waals surface area contributed by atoms with Crippen molar-refractivity contribution in [2.75, 3.05) is 31.8 Å². The second-order valence-electron chi connectivity index (χ2n) is 2.69. The molecule has 0 fully saturated rings. The van der Waals surface area contributed by atoms with Crippen LogP contribution >= 0.6 is 11.8 Å². The standard InChI is InChI=1S/C8H19NO2S/c1-11-5-2-6-12-7-8(9)3-4-10/h8,10H,2-7,9H2,1H3. The van der Waals surface area contributed by atoms with Gasteiger partial charge in [0.05, 0.1) is 0 Å². The van der Waals surface area contributed by atoms with Crippen molar-refractivity contribution in [2.24, 2.45) is 5.73 Å². The fraction of sp³-hybridized carbons (Fsp3) is 1.00. The number of aliphatic hydroxyl groups is 1. The predicted octanol–water partition coefficient (Wildman–Crippen LogP) is 0.466. The van der Waals surface area contributed by atoms with Crippen LogP contribution in [0.4, 0.5) is 0 Å². The summed E-state index contributed by atoms with van der Waals surface area (Å²) >= 11 is 1.83. The molecule has 74 valence electrons. The molecule has 0 aliphatic heterocycles. The third-order valence-electron chi connectivity index (χ3n) is 1.47. The third kappa shape index (κ3) is 8.33. The van der Waals surface area contributed by atoms with Gasteiger partial charge in [-0.25, -0.2) is 0 Å². The number of hydrogen-bond donors (Lipinski definition) is 2. The van der Waals surface area contributed by atoms with Gasteiger partial charge >= 0.3 is 0 Å². The lowest BCUT2D eigenvalue weighted by Crippen LogP contribution is -2.24. The van der Waals surface area contributed by atoms with Crippen molar-refractivity contribution in [1.82, 2.24) is 0 Å². The van der Waals surface area contributed by atoms with E-state index in [2.05, 4.69) is 0 Å². The molecule has 0 aromatic carbocycles. The SMILES string of the molecule is COCCCSCC(N)CCO. The topological polar surface area (TPSA) is 55.5 Å². The third-order valence-corrected chi connectivity index (χ3v) is 2.71. The Balaban J connectivity index is 2.97. The smallest absolute Gasteiger partial charge is 0.0470 e. The second-order valence-corrected chi connectivity index (χ2v) is 3.84. The van der Waals surface area contributed by atoms with Crippen molar-refractivity contribution < 1.29 is 9.84 Å². The summed E-state index contributed by atoms with van der Waals surface area (Å²) in [7, 11) is 1.71. The predicted molar refractivity (Wildman–Crippen MR) is 53.5 cm³/mol. The van der Waals surface area contributed by atoms with Crippen molar-refractivity contribution >= 4 is 11.8 Å². The first-order valence-corrected chi connectivity index (χ1v) is 5.40. The first-order chi connectivity index (χ1) is 5.81. The van der Waals surface area contributed by atoms with E-state index in [0.29, 0.717) is 6.42 Å². The molecular formula is C8H19NO2S. The summed E-state index contributed by atoms with van der Waals surface area (Å²) in [6, 6.07) is 0.141. The molecule has 0 aliphatic rings. The van der Waals surface area contributed by atoms with Crippen LogP contribution in [0.15, 0.2) is 0 Å². The molecule has 3 N–H and O–H groups in total. The molecule has 0 heterocycles. The van der Waals surface area contributed by atoms with Crippen LogP contribution in [-0.4, -0.2) is 43.0 Å². The largest absolute Gasteiger partial charge is 0.396 e. The monoisotopic (exact) mass is 193 g/mol. The molecule has 0 radical (unpaired) electrons. The van der Waals surface area contributed by atoms with Gasteiger partial charge in [0.1, 0.15) is 0 Å². The van der Waals surface area contributed by atoms with E-state index in [1.165, 1.54) is 0 Å². The second kappa shape index (κ2) is 9.32. The maximum Gasteiger partial charge on any atom is 0.0470 e. The number of ether oxygens (including phenoxy) is 1. The number of nitrogens with two attached hydrogens (primary N) is 1. The van der Waals surface area contributed by atoms with Gasteiger partial charge in [-0.2, -0.15) is 11.8 Å². The number of methoxy groups -OCH3 is 1. The first kappa shape index (κ1) is 12.2. The number of aliphatic hydroxyl groups excluding tert-OH is 1. The van der Waals surface area contributed by atoms with Crippen molar-refractivity contribution in [3.05, 3.63) is 0 Å². The number of hydrogen-bond acceptors (Lipinski definition) is 4. The Hall–Kier alpha value is 0.230. The van der Waals surface area contributed by atoms with Crippen LogP contribution in [0, 0.1) is 0 Å². The van der Waals surface area contributed by atoms with Crippen LogP contribution in [0.25, 0.3) is 0 Å². The Kier molecular flexibility index (Phi) is 9.50. The number of rotatable bonds is 8. The molecule has 4 heteroatoms. The highest BCUT2D eigenvalue weighted by molar-refractivity contribution is 7.99. The van der Waals surface area contributed by atoms with E-state index in [1.807, 2.05) is 11.8 Å². The summed E-state index contributed by atoms with van der Waals surface area (Å²) in [5.74, 6) is 2.03. The lowest BCUT2D eigenvalue weighted by molar-refractivity contribution is 0.200. The van der Waals surface area contributed by atoms with E-state index < -0.39 is 0 Å². The minimum Gasteiger partial charge on any atom is -0.396 e. The minimum atomic E-state index is 0.141. The average Bonchev–Trinajstić information content (AvgIpc) is 2.05. The van der Waals surface area contributed by atoms with Crippen molar-refractivity contribution in [3.8, 4) is 0 Å². The summed E-state index contributed by atoms with van der Waals surface area (Å²) in [6.45, 7) is 1.02. The highest BCUT2D eigenvalue weighted by Crippen LogP contribution is 2.05. The normalized spacial score (nSPS) is 13.2. The summed E-state index contributed by atoms with van der Waals surface area (Å²) < 4.78 is 4.91. The molecule has 0 aliphatic carbocycles. The Morgan fingerprint density at radius 1 is 1.58 bits per heavy atom. The van der Waals surface area contributed by atoms with Crippen molar-refractivity contribution in [2.45, 2.75) is 18.9 Å². The zero-order chi connectivity index (χ0) is 9.23. The molecule has 12 heavy (non-hydrogen) atoms. The van der Waals surface area contributed by atoms with Crippen LogP contribution in [-0.2, 0) is 4.74 Å². The maximum atomic E-state index is 8.57. The highest BCUT2D eigenvalue weighted by atomic mass is 32.2. The lowest BCUT2D eigenvalue weighted by Gasteiger charge is -2.08. The molecule has 1 unspecified atom stereocenters. The molecule has 0 rings (SSSR count). The average molecular weight is 193 g/mol. The van der Waals surface area contributed by atoms with Crippen LogP contribution in [0.5, 0.6) is 0 Å². The van der Waals surface area contributed by atoms with Gasteiger partial charge in [0.2, 0.25) is 0 Å². The van der Waals surface area contributed by atoms with Gasteiger partial charge in [0, 0.05) is 32.1 Å². The van der Waals surface area contributed by atoms with Gasteiger partial charge < -0.3 is 15.6 Å². The molecule has 0 amide bonds. The Labute approximate surface area is 78.7 Å². The number of thioether (sulfide) groups is 1. The van der Waals surface area contributed by atoms with Gasteiger partial charge in [-0.1, -0.05) is 0 Å². The van der Waals surface area contributed by atoms with Crippen LogP contribution < -0.4 is 5.73 Å². The van der Waals surface area contributed by atoms with E-state index in [9.17, 15) is 0 Å². The molecular weight excluding hydrogens is 174 g/mol. The summed E-state index contributed by atoms with van der Waals surface area (Å²) in [5.41, 5.74) is 5.69. The van der Waals surface area contributed by atoms with Gasteiger partial charge in [-0.3, -0.25) is 0 Å². The maximum absolute atomic E-state index is 8.57. The first-order valence-electron chi connectivity index (χ1n) is 4.24.